The lowest BCUT2D eigenvalue weighted by molar-refractivity contribution is 0.00578. The van der Waals surface area contributed by atoms with E-state index in [1.165, 1.54) is 5.56 Å². The third kappa shape index (κ3) is 2.81. The van der Waals surface area contributed by atoms with Gasteiger partial charge >= 0.3 is 7.12 Å². The summed E-state index contributed by atoms with van der Waals surface area (Å²) in [5.74, 6) is 0.0548. The van der Waals surface area contributed by atoms with E-state index in [1.54, 1.807) is 0 Å². The molecule has 0 spiro atoms. The van der Waals surface area contributed by atoms with Gasteiger partial charge in [-0.05, 0) is 70.3 Å². The summed E-state index contributed by atoms with van der Waals surface area (Å²) >= 11 is 0. The number of rotatable bonds is 2. The number of hydrogen-bond donors (Lipinski definition) is 0. The molecule has 1 amide bonds. The smallest absolute Gasteiger partial charge is 0.399 e. The van der Waals surface area contributed by atoms with Gasteiger partial charge in [-0.15, -0.1) is 0 Å². The Morgan fingerprint density at radius 1 is 1.00 bits per heavy atom. The average molecular weight is 363 g/mol. The van der Waals surface area contributed by atoms with E-state index in [4.69, 9.17) is 9.31 Å². The maximum atomic E-state index is 13.0. The van der Waals surface area contributed by atoms with Crippen LogP contribution in [0.25, 0.3) is 0 Å². The van der Waals surface area contributed by atoms with Crippen LogP contribution in [0.3, 0.4) is 0 Å². The zero-order valence-electron chi connectivity index (χ0n) is 16.9. The van der Waals surface area contributed by atoms with E-state index in [9.17, 15) is 4.79 Å². The highest BCUT2D eigenvalue weighted by molar-refractivity contribution is 6.62. The first-order chi connectivity index (χ1) is 12.6. The Morgan fingerprint density at radius 3 is 2.33 bits per heavy atom. The van der Waals surface area contributed by atoms with Crippen LogP contribution in [0.1, 0.15) is 54.7 Å². The molecule has 0 bridgehead atoms. The summed E-state index contributed by atoms with van der Waals surface area (Å²) in [6, 6.07) is 12.0. The number of carbonyl (C=O) groups excluding carboxylic acids is 1. The van der Waals surface area contributed by atoms with E-state index >= 15 is 0 Å². The molecule has 1 fully saturated rings. The highest BCUT2D eigenvalue weighted by Crippen LogP contribution is 2.37. The van der Waals surface area contributed by atoms with E-state index in [0.29, 0.717) is 6.54 Å². The van der Waals surface area contributed by atoms with Crippen LogP contribution in [0.5, 0.6) is 0 Å². The predicted molar refractivity (Wildman–Crippen MR) is 109 cm³/mol. The normalized spacial score (nSPS) is 20.3. The quantitative estimate of drug-likeness (QED) is 0.763. The standard InChI is InChI=1S/C22H26BNO3/c1-14-10-11-17-16(12-14)13-24(20(17)25)19-9-7-8-18(15(19)2)23-26-21(3,4)22(5,6)27-23/h7-12H,13H2,1-6H3. The Bertz CT molecular complexity index is 919. The van der Waals surface area contributed by atoms with Crippen LogP contribution < -0.4 is 10.4 Å². The van der Waals surface area contributed by atoms with Gasteiger partial charge in [-0.2, -0.15) is 0 Å². The van der Waals surface area contributed by atoms with Gasteiger partial charge < -0.3 is 14.2 Å². The number of fused-ring (bicyclic) bond motifs is 1. The molecule has 0 aromatic heterocycles. The van der Waals surface area contributed by atoms with E-state index in [0.717, 1.165) is 27.8 Å². The zero-order chi connectivity index (χ0) is 19.6. The maximum absolute atomic E-state index is 13.0. The van der Waals surface area contributed by atoms with E-state index in [2.05, 4.69) is 40.7 Å². The molecule has 140 valence electrons. The van der Waals surface area contributed by atoms with Crippen LogP contribution in [0, 0.1) is 13.8 Å². The summed E-state index contributed by atoms with van der Waals surface area (Å²) in [5, 5.41) is 0. The fourth-order valence-electron chi connectivity index (χ4n) is 3.80. The largest absolute Gasteiger partial charge is 0.495 e. The van der Waals surface area contributed by atoms with E-state index in [-0.39, 0.29) is 5.91 Å². The summed E-state index contributed by atoms with van der Waals surface area (Å²) in [4.78, 5) is 14.8. The lowest BCUT2D eigenvalue weighted by Crippen LogP contribution is -2.41. The lowest BCUT2D eigenvalue weighted by atomic mass is 9.75. The van der Waals surface area contributed by atoms with Crippen LogP contribution in [-0.2, 0) is 15.9 Å². The van der Waals surface area contributed by atoms with Crippen molar-refractivity contribution in [3.8, 4) is 0 Å². The Labute approximate surface area is 161 Å². The summed E-state index contributed by atoms with van der Waals surface area (Å²) < 4.78 is 12.5. The minimum absolute atomic E-state index is 0.0548. The van der Waals surface area contributed by atoms with Crippen molar-refractivity contribution in [2.24, 2.45) is 0 Å². The predicted octanol–water partition coefficient (Wildman–Crippen LogP) is 3.76. The van der Waals surface area contributed by atoms with Crippen molar-refractivity contribution in [3.63, 3.8) is 0 Å². The third-order valence-electron chi connectivity index (χ3n) is 6.21. The molecule has 4 nitrogen and oxygen atoms in total. The number of amides is 1. The maximum Gasteiger partial charge on any atom is 0.495 e. The van der Waals surface area contributed by atoms with Gasteiger partial charge in [-0.25, -0.2) is 0 Å². The molecule has 2 heterocycles. The van der Waals surface area contributed by atoms with Crippen molar-refractivity contribution in [1.29, 1.82) is 0 Å². The Morgan fingerprint density at radius 2 is 1.67 bits per heavy atom. The van der Waals surface area contributed by atoms with Gasteiger partial charge in [-0.1, -0.05) is 29.8 Å². The number of aryl methyl sites for hydroxylation is 1. The minimum atomic E-state index is -0.433. The molecule has 0 aliphatic carbocycles. The van der Waals surface area contributed by atoms with Crippen molar-refractivity contribution >= 4 is 24.2 Å². The number of benzene rings is 2. The van der Waals surface area contributed by atoms with Crippen LogP contribution >= 0.6 is 0 Å². The van der Waals surface area contributed by atoms with Crippen molar-refractivity contribution < 1.29 is 14.1 Å². The molecule has 2 aromatic rings. The molecule has 0 saturated carbocycles. The number of anilines is 1. The molecule has 2 aliphatic rings. The van der Waals surface area contributed by atoms with Gasteiger partial charge in [0.2, 0.25) is 0 Å². The number of carbonyl (C=O) groups is 1. The fourth-order valence-corrected chi connectivity index (χ4v) is 3.80. The fraction of sp³-hybridized carbons (Fsp3) is 0.409. The van der Waals surface area contributed by atoms with Gasteiger partial charge in [0, 0.05) is 11.3 Å². The molecule has 1 saturated heterocycles. The molecular weight excluding hydrogens is 337 g/mol. The molecule has 4 rings (SSSR count). The highest BCUT2D eigenvalue weighted by atomic mass is 16.7. The van der Waals surface area contributed by atoms with Crippen LogP contribution in [0.4, 0.5) is 5.69 Å². The molecule has 0 unspecified atom stereocenters. The second-order valence-electron chi connectivity index (χ2n) is 8.63. The molecule has 0 atom stereocenters. The summed E-state index contributed by atoms with van der Waals surface area (Å²) in [6.07, 6.45) is 0. The summed E-state index contributed by atoms with van der Waals surface area (Å²) in [5.41, 5.74) is 5.18. The van der Waals surface area contributed by atoms with Gasteiger partial charge in [-0.3, -0.25) is 4.79 Å². The monoisotopic (exact) mass is 363 g/mol. The van der Waals surface area contributed by atoms with Gasteiger partial charge in [0.15, 0.2) is 0 Å². The Hall–Kier alpha value is -2.11. The van der Waals surface area contributed by atoms with Crippen molar-refractivity contribution in [2.45, 2.75) is 59.3 Å². The van der Waals surface area contributed by atoms with Gasteiger partial charge in [0.1, 0.15) is 0 Å². The minimum Gasteiger partial charge on any atom is -0.399 e. The van der Waals surface area contributed by atoms with Crippen LogP contribution in [-0.4, -0.2) is 24.2 Å². The Kier molecular flexibility index (Phi) is 4.02. The molecule has 0 N–H and O–H groups in total. The first-order valence-electron chi connectivity index (χ1n) is 9.47. The summed E-state index contributed by atoms with van der Waals surface area (Å²) in [7, 11) is -0.433. The highest BCUT2D eigenvalue weighted by Gasteiger charge is 2.52. The first kappa shape index (κ1) is 18.3. The summed E-state index contributed by atoms with van der Waals surface area (Å²) in [6.45, 7) is 12.9. The number of hydrogen-bond acceptors (Lipinski definition) is 3. The van der Waals surface area contributed by atoms with E-state index < -0.39 is 18.3 Å². The zero-order valence-corrected chi connectivity index (χ0v) is 16.9. The van der Waals surface area contributed by atoms with Crippen LogP contribution in [0.2, 0.25) is 0 Å². The molecule has 27 heavy (non-hydrogen) atoms. The second kappa shape index (κ2) is 5.95. The van der Waals surface area contributed by atoms with Crippen molar-refractivity contribution in [3.05, 3.63) is 58.7 Å². The van der Waals surface area contributed by atoms with Crippen molar-refractivity contribution in [1.82, 2.24) is 0 Å². The van der Waals surface area contributed by atoms with Crippen LogP contribution in [0.15, 0.2) is 36.4 Å². The molecule has 2 aliphatic heterocycles. The second-order valence-corrected chi connectivity index (χ2v) is 8.63. The Balaban J connectivity index is 1.69. The van der Waals surface area contributed by atoms with Crippen molar-refractivity contribution in [2.75, 3.05) is 4.90 Å². The number of nitrogens with zero attached hydrogens (tertiary/aromatic N) is 1. The topological polar surface area (TPSA) is 38.8 Å². The van der Waals surface area contributed by atoms with E-state index in [1.807, 2.05) is 42.2 Å². The van der Waals surface area contributed by atoms with Gasteiger partial charge in [0.05, 0.1) is 17.7 Å². The average Bonchev–Trinajstić information content (AvgIpc) is 3.00. The molecular formula is C22H26BNO3. The first-order valence-corrected chi connectivity index (χ1v) is 9.47. The lowest BCUT2D eigenvalue weighted by Gasteiger charge is -2.32. The SMILES string of the molecule is Cc1ccc2c(c1)CN(c1cccc(B3OC(C)(C)C(C)(C)O3)c1C)C2=O. The molecule has 5 heteroatoms. The molecule has 0 radical (unpaired) electrons. The van der Waals surface area contributed by atoms with Gasteiger partial charge in [0.25, 0.3) is 5.91 Å². The molecule has 2 aromatic carbocycles. The third-order valence-corrected chi connectivity index (χ3v) is 6.21.